The second-order valence-electron chi connectivity index (χ2n) is 6.79. The van der Waals surface area contributed by atoms with E-state index in [2.05, 4.69) is 34.5 Å². The summed E-state index contributed by atoms with van der Waals surface area (Å²) in [6.07, 6.45) is 5.33. The molecule has 6 nitrogen and oxygen atoms in total. The van der Waals surface area contributed by atoms with Gasteiger partial charge >= 0.3 is 0 Å². The number of halogens is 2. The van der Waals surface area contributed by atoms with Gasteiger partial charge in [0.2, 0.25) is 5.91 Å². The number of hydrogen-bond donors (Lipinski definition) is 2. The maximum absolute atomic E-state index is 12.5. The Kier molecular flexibility index (Phi) is 11.3. The normalized spacial score (nSPS) is 16.8. The van der Waals surface area contributed by atoms with Crippen LogP contribution in [0.15, 0.2) is 12.3 Å². The fourth-order valence-corrected chi connectivity index (χ4v) is 3.20. The second-order valence-corrected chi connectivity index (χ2v) is 6.79. The van der Waals surface area contributed by atoms with Gasteiger partial charge in [0.05, 0.1) is 12.2 Å². The molecular weight excluding hydrogens is 361 g/mol. The Morgan fingerprint density at radius 2 is 1.92 bits per heavy atom. The molecule has 0 aliphatic carbocycles. The predicted octanol–water partition coefficient (Wildman–Crippen LogP) is 2.96. The van der Waals surface area contributed by atoms with Crippen LogP contribution in [0.4, 0.5) is 5.82 Å². The fourth-order valence-electron chi connectivity index (χ4n) is 3.20. The van der Waals surface area contributed by atoms with Crippen molar-refractivity contribution < 1.29 is 4.79 Å². The zero-order chi connectivity index (χ0) is 16.8. The molecule has 0 aromatic carbocycles. The molecule has 2 N–H and O–H groups in total. The molecule has 1 aromatic heterocycles. The zero-order valence-electron chi connectivity index (χ0n) is 15.7. The van der Waals surface area contributed by atoms with Crippen molar-refractivity contribution in [1.29, 1.82) is 0 Å². The molecule has 1 unspecified atom stereocenters. The lowest BCUT2D eigenvalue weighted by atomic mass is 9.93. The number of nitrogens with one attached hydrogen (secondary N) is 2. The Labute approximate surface area is 163 Å². The number of likely N-dealkylation sites (tertiary alicyclic amines) is 1. The van der Waals surface area contributed by atoms with Gasteiger partial charge in [-0.25, -0.2) is 4.68 Å². The van der Waals surface area contributed by atoms with Gasteiger partial charge in [-0.05, 0) is 72.6 Å². The minimum absolute atomic E-state index is 0. The van der Waals surface area contributed by atoms with Gasteiger partial charge < -0.3 is 10.6 Å². The lowest BCUT2D eigenvalue weighted by Gasteiger charge is -2.35. The number of aromatic nitrogens is 2. The monoisotopic (exact) mass is 393 g/mol. The first kappa shape index (κ1) is 24.2. The zero-order valence-corrected chi connectivity index (χ0v) is 17.3. The van der Waals surface area contributed by atoms with Crippen LogP contribution in [0, 0.1) is 5.92 Å². The van der Waals surface area contributed by atoms with Crippen LogP contribution in [0.5, 0.6) is 0 Å². The van der Waals surface area contributed by atoms with Gasteiger partial charge in [-0.1, -0.05) is 0 Å². The summed E-state index contributed by atoms with van der Waals surface area (Å²) in [5.74, 6) is 1.62. The summed E-state index contributed by atoms with van der Waals surface area (Å²) in [4.78, 5) is 14.8. The van der Waals surface area contributed by atoms with Crippen LogP contribution < -0.4 is 10.6 Å². The first-order valence-corrected chi connectivity index (χ1v) is 8.76. The van der Waals surface area contributed by atoms with Crippen LogP contribution in [0.3, 0.4) is 0 Å². The van der Waals surface area contributed by atoms with Crippen molar-refractivity contribution in [3.8, 4) is 0 Å². The van der Waals surface area contributed by atoms with E-state index in [1.807, 2.05) is 24.7 Å². The van der Waals surface area contributed by atoms with Gasteiger partial charge in [0.15, 0.2) is 0 Å². The summed E-state index contributed by atoms with van der Waals surface area (Å²) < 4.78 is 1.84. The average molecular weight is 394 g/mol. The molecule has 1 amide bonds. The van der Waals surface area contributed by atoms with E-state index in [1.165, 1.54) is 19.3 Å². The Morgan fingerprint density at radius 3 is 2.48 bits per heavy atom. The predicted molar refractivity (Wildman–Crippen MR) is 108 cm³/mol. The molecule has 0 radical (unpaired) electrons. The van der Waals surface area contributed by atoms with Gasteiger partial charge in [0.25, 0.3) is 0 Å². The minimum Gasteiger partial charge on any atom is -0.320 e. The van der Waals surface area contributed by atoms with E-state index in [9.17, 15) is 4.79 Å². The van der Waals surface area contributed by atoms with Gasteiger partial charge in [0, 0.05) is 12.1 Å². The summed E-state index contributed by atoms with van der Waals surface area (Å²) in [6, 6.07) is 1.99. The van der Waals surface area contributed by atoms with Crippen molar-refractivity contribution in [3.05, 3.63) is 12.3 Å². The molecule has 1 saturated heterocycles. The van der Waals surface area contributed by atoms with Crippen molar-refractivity contribution in [2.75, 3.05) is 32.0 Å². The number of anilines is 1. The minimum atomic E-state index is -0.101. The van der Waals surface area contributed by atoms with E-state index >= 15 is 0 Å². The van der Waals surface area contributed by atoms with Crippen molar-refractivity contribution in [3.63, 3.8) is 0 Å². The first-order chi connectivity index (χ1) is 11.0. The molecule has 25 heavy (non-hydrogen) atoms. The van der Waals surface area contributed by atoms with Crippen LogP contribution in [0.2, 0.25) is 0 Å². The van der Waals surface area contributed by atoms with Gasteiger partial charge in [-0.2, -0.15) is 5.10 Å². The smallest absolute Gasteiger partial charge is 0.242 e. The summed E-state index contributed by atoms with van der Waals surface area (Å²) in [6.45, 7) is 9.21. The summed E-state index contributed by atoms with van der Waals surface area (Å²) >= 11 is 0. The number of carbonyl (C=O) groups is 1. The third kappa shape index (κ3) is 6.77. The number of nitrogens with zero attached hydrogens (tertiary/aromatic N) is 3. The van der Waals surface area contributed by atoms with Crippen molar-refractivity contribution in [1.82, 2.24) is 20.0 Å². The Morgan fingerprint density at radius 1 is 1.28 bits per heavy atom. The highest BCUT2D eigenvalue weighted by molar-refractivity contribution is 5.93. The van der Waals surface area contributed by atoms with E-state index < -0.39 is 0 Å². The van der Waals surface area contributed by atoms with Gasteiger partial charge in [0.1, 0.15) is 5.82 Å². The van der Waals surface area contributed by atoms with Crippen LogP contribution in [0.25, 0.3) is 0 Å². The highest BCUT2D eigenvalue weighted by atomic mass is 35.5. The third-order valence-corrected chi connectivity index (χ3v) is 4.79. The van der Waals surface area contributed by atoms with Crippen molar-refractivity contribution in [2.24, 2.45) is 5.92 Å². The molecule has 1 aliphatic rings. The molecule has 1 aromatic rings. The van der Waals surface area contributed by atoms with Gasteiger partial charge in [-0.15, -0.1) is 24.8 Å². The highest BCUT2D eigenvalue weighted by Crippen LogP contribution is 2.22. The number of carbonyl (C=O) groups excluding carboxylic acids is 1. The number of hydrogen-bond acceptors (Lipinski definition) is 4. The van der Waals surface area contributed by atoms with Crippen LogP contribution >= 0.6 is 24.8 Å². The molecule has 0 spiro atoms. The molecule has 0 bridgehead atoms. The Balaban J connectivity index is 0.00000288. The molecule has 1 atom stereocenters. The molecule has 8 heteroatoms. The molecule has 1 aliphatic heterocycles. The van der Waals surface area contributed by atoms with Crippen molar-refractivity contribution in [2.45, 2.75) is 52.1 Å². The van der Waals surface area contributed by atoms with E-state index in [-0.39, 0.29) is 42.8 Å². The molecular formula is C17H33Cl2N5O. The standard InChI is InChI=1S/C17H31N5O.2ClH/c1-13(2)22-16(6-10-19-22)20-17(23)14(3)21-11-7-15(8-12-21)5-9-18-4;;/h6,10,13-15,18H,5,7-9,11-12H2,1-4H3,(H,20,23);2*1H. The molecule has 2 heterocycles. The maximum Gasteiger partial charge on any atom is 0.242 e. The average Bonchev–Trinajstić information content (AvgIpc) is 3.01. The van der Waals surface area contributed by atoms with Crippen molar-refractivity contribution >= 4 is 36.5 Å². The lowest BCUT2D eigenvalue weighted by molar-refractivity contribution is -0.121. The van der Waals surface area contributed by atoms with E-state index in [0.29, 0.717) is 0 Å². The molecule has 0 saturated carbocycles. The van der Waals surface area contributed by atoms with Crippen LogP contribution in [0.1, 0.15) is 46.1 Å². The Bertz CT molecular complexity index is 501. The van der Waals surface area contributed by atoms with E-state index in [4.69, 9.17) is 0 Å². The van der Waals surface area contributed by atoms with Gasteiger partial charge in [-0.3, -0.25) is 9.69 Å². The fraction of sp³-hybridized carbons (Fsp3) is 0.765. The molecule has 2 rings (SSSR count). The van der Waals surface area contributed by atoms with Crippen LogP contribution in [-0.4, -0.2) is 53.3 Å². The Hall–Kier alpha value is -0.820. The third-order valence-electron chi connectivity index (χ3n) is 4.79. The van der Waals surface area contributed by atoms with Crippen LogP contribution in [-0.2, 0) is 4.79 Å². The number of piperidine rings is 1. The highest BCUT2D eigenvalue weighted by Gasteiger charge is 2.27. The number of rotatable bonds is 7. The molecule has 146 valence electrons. The SMILES string of the molecule is CNCCC1CCN(C(C)C(=O)Nc2ccnn2C(C)C)CC1.Cl.Cl. The second kappa shape index (κ2) is 11.7. The van der Waals surface area contributed by atoms with E-state index in [1.54, 1.807) is 6.20 Å². The first-order valence-electron chi connectivity index (χ1n) is 8.76. The van der Waals surface area contributed by atoms with E-state index in [0.717, 1.165) is 31.4 Å². The maximum atomic E-state index is 12.5. The largest absolute Gasteiger partial charge is 0.320 e. The topological polar surface area (TPSA) is 62.2 Å². The quantitative estimate of drug-likeness (QED) is 0.747. The molecule has 1 fully saturated rings. The lowest BCUT2D eigenvalue weighted by Crippen LogP contribution is -2.46. The summed E-state index contributed by atoms with van der Waals surface area (Å²) in [5.41, 5.74) is 0. The summed E-state index contributed by atoms with van der Waals surface area (Å²) in [7, 11) is 2.00. The summed E-state index contributed by atoms with van der Waals surface area (Å²) in [5, 5.41) is 10.5. The number of amides is 1.